The minimum Gasteiger partial charge on any atom is -0.487 e. The third kappa shape index (κ3) is 6.07. The Bertz CT molecular complexity index is 1230. The molecular formula is C27H22F4N2O. The Balaban J connectivity index is 1.82. The summed E-state index contributed by atoms with van der Waals surface area (Å²) in [6, 6.07) is 2.27. The monoisotopic (exact) mass is 466 g/mol. The standard InChI is InChI=1S/C27H22F4N2O/c1-5-19(21-9-13-25(32-15-21)27(29,30)31)7-8-20-14-23(33-26(20)17(2)3)16-34-24-12-11-22(28)10-6-18(24)4/h5-15H,1-2,4,16H2,3H3/b19-7+,20-8-. The van der Waals surface area contributed by atoms with Gasteiger partial charge in [0.25, 0.3) is 0 Å². The number of alkyl halides is 3. The Kier molecular flexibility index (Phi) is 7.46. The predicted octanol–water partition coefficient (Wildman–Crippen LogP) is 7.39. The van der Waals surface area contributed by atoms with Crippen molar-refractivity contribution < 1.29 is 22.3 Å². The Labute approximate surface area is 195 Å². The molecule has 1 aromatic rings. The van der Waals surface area contributed by atoms with E-state index in [1.54, 1.807) is 12.2 Å². The van der Waals surface area contributed by atoms with Crippen molar-refractivity contribution in [3.63, 3.8) is 0 Å². The van der Waals surface area contributed by atoms with Crippen LogP contribution in [0.15, 0.2) is 126 Å². The van der Waals surface area contributed by atoms with Gasteiger partial charge in [0, 0.05) is 22.9 Å². The summed E-state index contributed by atoms with van der Waals surface area (Å²) in [5.41, 5.74) is 3.42. The van der Waals surface area contributed by atoms with Crippen LogP contribution in [0.5, 0.6) is 0 Å². The fourth-order valence-corrected chi connectivity index (χ4v) is 3.10. The number of aromatic nitrogens is 1. The number of nitrogens with zero attached hydrogens (tertiary/aromatic N) is 2. The van der Waals surface area contributed by atoms with E-state index in [1.807, 2.05) is 13.0 Å². The maximum absolute atomic E-state index is 13.4. The van der Waals surface area contributed by atoms with E-state index in [1.165, 1.54) is 36.4 Å². The first-order valence-corrected chi connectivity index (χ1v) is 10.2. The summed E-state index contributed by atoms with van der Waals surface area (Å²) in [7, 11) is 0. The van der Waals surface area contributed by atoms with Crippen molar-refractivity contribution in [3.8, 4) is 0 Å². The van der Waals surface area contributed by atoms with E-state index in [4.69, 9.17) is 4.74 Å². The molecule has 0 N–H and O–H groups in total. The molecule has 1 aliphatic carbocycles. The molecule has 2 heterocycles. The molecule has 174 valence electrons. The molecule has 0 saturated carbocycles. The van der Waals surface area contributed by atoms with Gasteiger partial charge in [0.05, 0.1) is 11.4 Å². The highest BCUT2D eigenvalue weighted by atomic mass is 19.4. The van der Waals surface area contributed by atoms with Crippen LogP contribution < -0.4 is 0 Å². The van der Waals surface area contributed by atoms with Crippen LogP contribution in [0.4, 0.5) is 17.6 Å². The van der Waals surface area contributed by atoms with Crippen molar-refractivity contribution in [2.75, 3.05) is 6.61 Å². The Hall–Kier alpha value is -4.00. The second-order valence-electron chi connectivity index (χ2n) is 7.48. The van der Waals surface area contributed by atoms with Crippen LogP contribution in [-0.4, -0.2) is 17.3 Å². The Morgan fingerprint density at radius 1 is 1.18 bits per heavy atom. The number of allylic oxidation sites excluding steroid dienone is 12. The van der Waals surface area contributed by atoms with E-state index in [9.17, 15) is 17.6 Å². The smallest absolute Gasteiger partial charge is 0.433 e. The molecule has 1 aliphatic heterocycles. The Morgan fingerprint density at radius 2 is 1.94 bits per heavy atom. The molecule has 0 unspecified atom stereocenters. The molecule has 2 aliphatic rings. The number of hydrogen-bond acceptors (Lipinski definition) is 3. The van der Waals surface area contributed by atoms with Crippen LogP contribution in [0.25, 0.3) is 5.57 Å². The molecule has 0 amide bonds. The minimum absolute atomic E-state index is 0.128. The lowest BCUT2D eigenvalue weighted by atomic mass is 10.0. The van der Waals surface area contributed by atoms with Crippen LogP contribution in [0.3, 0.4) is 0 Å². The first kappa shape index (κ1) is 24.6. The normalized spacial score (nSPS) is 17.6. The molecule has 0 radical (unpaired) electrons. The number of ether oxygens (including phenoxy) is 1. The van der Waals surface area contributed by atoms with Crippen molar-refractivity contribution in [3.05, 3.63) is 132 Å². The van der Waals surface area contributed by atoms with Crippen molar-refractivity contribution in [2.45, 2.75) is 13.1 Å². The molecule has 3 rings (SSSR count). The summed E-state index contributed by atoms with van der Waals surface area (Å²) in [6.45, 7) is 13.5. The maximum atomic E-state index is 13.4. The second kappa shape index (κ2) is 10.3. The maximum Gasteiger partial charge on any atom is 0.433 e. The molecule has 1 aromatic heterocycles. The molecule has 0 atom stereocenters. The molecule has 0 aromatic carbocycles. The van der Waals surface area contributed by atoms with Crippen LogP contribution >= 0.6 is 0 Å². The van der Waals surface area contributed by atoms with Gasteiger partial charge in [-0.15, -0.1) is 0 Å². The summed E-state index contributed by atoms with van der Waals surface area (Å²) in [6.07, 6.45) is 9.13. The molecule has 0 bridgehead atoms. The molecular weight excluding hydrogens is 444 g/mol. The van der Waals surface area contributed by atoms with E-state index in [0.29, 0.717) is 33.9 Å². The summed E-state index contributed by atoms with van der Waals surface area (Å²) < 4.78 is 57.5. The molecule has 3 nitrogen and oxygen atoms in total. The van der Waals surface area contributed by atoms with Crippen molar-refractivity contribution in [2.24, 2.45) is 4.99 Å². The third-order valence-corrected chi connectivity index (χ3v) is 4.83. The molecule has 0 saturated heterocycles. The van der Waals surface area contributed by atoms with E-state index in [2.05, 4.69) is 29.7 Å². The number of hydrogen-bond donors (Lipinski definition) is 0. The lowest BCUT2D eigenvalue weighted by Crippen LogP contribution is -2.07. The van der Waals surface area contributed by atoms with Crippen LogP contribution in [0.1, 0.15) is 18.2 Å². The largest absolute Gasteiger partial charge is 0.487 e. The highest BCUT2D eigenvalue weighted by molar-refractivity contribution is 6.15. The first-order chi connectivity index (χ1) is 16.1. The average molecular weight is 466 g/mol. The van der Waals surface area contributed by atoms with Crippen LogP contribution in [-0.2, 0) is 10.9 Å². The van der Waals surface area contributed by atoms with Gasteiger partial charge < -0.3 is 4.74 Å². The summed E-state index contributed by atoms with van der Waals surface area (Å²) in [5.74, 6) is 0.0265. The van der Waals surface area contributed by atoms with E-state index in [0.717, 1.165) is 23.4 Å². The summed E-state index contributed by atoms with van der Waals surface area (Å²) >= 11 is 0. The van der Waals surface area contributed by atoms with Gasteiger partial charge in [-0.25, -0.2) is 9.38 Å². The van der Waals surface area contributed by atoms with Gasteiger partial charge in [-0.1, -0.05) is 44.0 Å². The minimum atomic E-state index is -4.50. The fourth-order valence-electron chi connectivity index (χ4n) is 3.10. The highest BCUT2D eigenvalue weighted by Gasteiger charge is 2.32. The summed E-state index contributed by atoms with van der Waals surface area (Å²) in [4.78, 5) is 8.05. The summed E-state index contributed by atoms with van der Waals surface area (Å²) in [5, 5.41) is 0. The SMILES string of the molecule is C=C/C(=C\C=C1\C=C(COC2=CC=C(F)C=CC2=C)N=C1C(=C)C)c1ccc(C(F)(F)F)nc1. The van der Waals surface area contributed by atoms with Gasteiger partial charge in [0.15, 0.2) is 0 Å². The van der Waals surface area contributed by atoms with Gasteiger partial charge in [-0.05, 0) is 54.5 Å². The molecule has 0 spiro atoms. The van der Waals surface area contributed by atoms with Gasteiger partial charge in [-0.3, -0.25) is 4.98 Å². The lowest BCUT2D eigenvalue weighted by molar-refractivity contribution is -0.141. The third-order valence-electron chi connectivity index (χ3n) is 4.83. The van der Waals surface area contributed by atoms with Gasteiger partial charge in [0.1, 0.15) is 23.9 Å². The van der Waals surface area contributed by atoms with E-state index >= 15 is 0 Å². The Morgan fingerprint density at radius 3 is 2.56 bits per heavy atom. The van der Waals surface area contributed by atoms with Crippen LogP contribution in [0.2, 0.25) is 0 Å². The zero-order valence-electron chi connectivity index (χ0n) is 18.5. The van der Waals surface area contributed by atoms with Crippen LogP contribution in [0, 0.1) is 0 Å². The van der Waals surface area contributed by atoms with Gasteiger partial charge in [-0.2, -0.15) is 13.2 Å². The topological polar surface area (TPSA) is 34.5 Å². The first-order valence-electron chi connectivity index (χ1n) is 10.2. The van der Waals surface area contributed by atoms with Gasteiger partial charge in [0.2, 0.25) is 0 Å². The number of pyridine rings is 1. The highest BCUT2D eigenvalue weighted by Crippen LogP contribution is 2.29. The quantitative estimate of drug-likeness (QED) is 0.310. The zero-order chi connectivity index (χ0) is 24.9. The number of aliphatic imine (C=N–C) groups is 1. The number of halogens is 4. The average Bonchev–Trinajstić information content (AvgIpc) is 3.13. The second-order valence-corrected chi connectivity index (χ2v) is 7.48. The lowest BCUT2D eigenvalue weighted by Gasteiger charge is -2.09. The van der Waals surface area contributed by atoms with E-state index in [-0.39, 0.29) is 6.61 Å². The van der Waals surface area contributed by atoms with Crippen molar-refractivity contribution >= 4 is 11.3 Å². The van der Waals surface area contributed by atoms with Gasteiger partial charge >= 0.3 is 6.18 Å². The fraction of sp³-hybridized carbons (Fsp3) is 0.111. The van der Waals surface area contributed by atoms with E-state index < -0.39 is 17.7 Å². The molecule has 0 fully saturated rings. The van der Waals surface area contributed by atoms with Crippen molar-refractivity contribution in [1.29, 1.82) is 0 Å². The van der Waals surface area contributed by atoms with Crippen molar-refractivity contribution in [1.82, 2.24) is 4.98 Å². The predicted molar refractivity (Wildman–Crippen MR) is 127 cm³/mol. The molecule has 34 heavy (non-hydrogen) atoms. The molecule has 7 heteroatoms. The number of rotatable bonds is 7. The zero-order valence-corrected chi connectivity index (χ0v) is 18.5.